The number of rotatable bonds is 9. The van der Waals surface area contributed by atoms with Crippen LogP contribution in [0.15, 0.2) is 90.4 Å². The summed E-state index contributed by atoms with van der Waals surface area (Å²) >= 11 is 14.0. The molecule has 10 heteroatoms. The van der Waals surface area contributed by atoms with Crippen LogP contribution in [0.5, 0.6) is 17.2 Å². The molecule has 0 bridgehead atoms. The van der Waals surface area contributed by atoms with Crippen LogP contribution in [0.3, 0.4) is 0 Å². The van der Waals surface area contributed by atoms with E-state index in [9.17, 15) is 9.59 Å². The molecule has 1 aliphatic heterocycles. The van der Waals surface area contributed by atoms with Crippen LogP contribution in [-0.4, -0.2) is 32.6 Å². The van der Waals surface area contributed by atoms with Gasteiger partial charge in [-0.15, -0.1) is 0 Å². The van der Waals surface area contributed by atoms with Crippen molar-refractivity contribution in [2.75, 3.05) is 20.8 Å². The third-order valence-corrected chi connectivity index (χ3v) is 8.00. The van der Waals surface area contributed by atoms with Gasteiger partial charge in [0.1, 0.15) is 35.2 Å². The zero-order valence-corrected chi connectivity index (χ0v) is 29.7. The molecule has 1 aliphatic rings. The molecule has 0 aliphatic carbocycles. The second-order valence-electron chi connectivity index (χ2n) is 8.80. The average Bonchev–Trinajstić information content (AvgIpc) is 3.27. The Morgan fingerprint density at radius 2 is 1.43 bits per heavy atom. The Morgan fingerprint density at radius 1 is 0.881 bits per heavy atom. The topological polar surface area (TPSA) is 71.1 Å². The minimum absolute atomic E-state index is 0.0997. The van der Waals surface area contributed by atoms with E-state index in [1.807, 2.05) is 12.1 Å². The first-order chi connectivity index (χ1) is 20.1. The number of cyclic esters (lactones) is 1. The Hall–Kier alpha value is -2.66. The van der Waals surface area contributed by atoms with E-state index in [4.69, 9.17) is 18.9 Å². The molecule has 0 spiro atoms. The van der Waals surface area contributed by atoms with Gasteiger partial charge < -0.3 is 18.9 Å². The maximum atomic E-state index is 13.9. The number of hydrogen-bond donors (Lipinski definition) is 0. The molecule has 0 saturated carbocycles. The molecule has 1 heterocycles. The molecule has 0 saturated heterocycles. The number of esters is 1. The van der Waals surface area contributed by atoms with Gasteiger partial charge in [-0.2, -0.15) is 0 Å². The Balaban J connectivity index is 0.00000155. The molecule has 4 rings (SSSR count). The molecule has 220 valence electrons. The second kappa shape index (κ2) is 15.7. The van der Waals surface area contributed by atoms with Gasteiger partial charge in [-0.3, -0.25) is 4.79 Å². The Labute approximate surface area is 279 Å². The van der Waals surface area contributed by atoms with Crippen molar-refractivity contribution in [1.29, 1.82) is 0 Å². The van der Waals surface area contributed by atoms with Gasteiger partial charge in [-0.1, -0.05) is 45.1 Å². The molecule has 0 radical (unpaired) electrons. The highest BCUT2D eigenvalue weighted by atomic mass is 79.9. The van der Waals surface area contributed by atoms with E-state index in [1.54, 1.807) is 55.7 Å². The fourth-order valence-corrected chi connectivity index (χ4v) is 6.81. The number of hydrogen-bond acceptors (Lipinski definition) is 6. The lowest BCUT2D eigenvalue weighted by Gasteiger charge is -2.13. The summed E-state index contributed by atoms with van der Waals surface area (Å²) in [7, 11) is 3.11. The second-order valence-corrected chi connectivity index (χ2v) is 12.2. The summed E-state index contributed by atoms with van der Waals surface area (Å²) in [6.45, 7) is 8.23. The molecule has 0 unspecified atom stereocenters. The first kappa shape index (κ1) is 33.8. The summed E-state index contributed by atoms with van der Waals surface area (Å²) in [6.07, 6.45) is 4.59. The van der Waals surface area contributed by atoms with E-state index in [0.717, 1.165) is 5.56 Å². The number of benzene rings is 3. The van der Waals surface area contributed by atoms with Crippen LogP contribution in [0.2, 0.25) is 0 Å². The van der Waals surface area contributed by atoms with Crippen LogP contribution >= 0.6 is 63.7 Å². The van der Waals surface area contributed by atoms with Gasteiger partial charge in [-0.25, -0.2) is 4.79 Å². The quantitative estimate of drug-likeness (QED) is 0.0927. The zero-order valence-electron chi connectivity index (χ0n) is 23.4. The number of allylic oxidation sites excluding steroid dienone is 1. The fraction of sp³-hybridized carbons (Fsp3) is 0.188. The highest BCUT2D eigenvalue weighted by Crippen LogP contribution is 2.43. The predicted octanol–water partition coefficient (Wildman–Crippen LogP) is 9.97. The highest BCUT2D eigenvalue weighted by molar-refractivity contribution is 9.11. The molecule has 0 amide bonds. The summed E-state index contributed by atoms with van der Waals surface area (Å²) in [5.41, 5.74) is 1.84. The van der Waals surface area contributed by atoms with Crippen LogP contribution in [0.4, 0.5) is 0 Å². The maximum absolute atomic E-state index is 13.9. The normalized spacial score (nSPS) is 13.3. The Bertz CT molecular complexity index is 1510. The standard InChI is InChI=1S/C29H20Br4O6.C3H8/c1-4-9-38-28-21(32)11-16(12-22(28)33)24-23(10-15-5-7-18(36-2)8-6-15)39-29(35)25(24)26(34)17-13-19(30)27(37-3)20(31)14-17;1-3-2/h4-8,10-14H,1,9H2,2-3H3;3H2,1-2H3/b23-10-;. The predicted molar refractivity (Wildman–Crippen MR) is 180 cm³/mol. The summed E-state index contributed by atoms with van der Waals surface area (Å²) < 4.78 is 24.4. The largest absolute Gasteiger partial charge is 0.497 e. The number of ketones is 1. The van der Waals surface area contributed by atoms with Gasteiger partial charge in [0, 0.05) is 11.1 Å². The molecule has 0 N–H and O–H groups in total. The van der Waals surface area contributed by atoms with E-state index in [2.05, 4.69) is 84.1 Å². The number of carbonyl (C=O) groups excluding carboxylic acids is 2. The third kappa shape index (κ3) is 7.83. The lowest BCUT2D eigenvalue weighted by molar-refractivity contribution is -0.132. The Kier molecular flexibility index (Phi) is 12.7. The first-order valence-electron chi connectivity index (χ1n) is 12.7. The van der Waals surface area contributed by atoms with Gasteiger partial charge in [0.25, 0.3) is 0 Å². The van der Waals surface area contributed by atoms with E-state index in [0.29, 0.717) is 52.9 Å². The van der Waals surface area contributed by atoms with E-state index in [-0.39, 0.29) is 16.9 Å². The average molecular weight is 828 g/mol. The first-order valence-corrected chi connectivity index (χ1v) is 15.9. The van der Waals surface area contributed by atoms with Crippen LogP contribution in [-0.2, 0) is 9.53 Å². The van der Waals surface area contributed by atoms with Crippen molar-refractivity contribution < 1.29 is 28.5 Å². The van der Waals surface area contributed by atoms with Gasteiger partial charge in [0.2, 0.25) is 5.78 Å². The Morgan fingerprint density at radius 3 is 1.93 bits per heavy atom. The third-order valence-electron chi connectivity index (χ3n) is 5.64. The van der Waals surface area contributed by atoms with Gasteiger partial charge in [0.15, 0.2) is 0 Å². The van der Waals surface area contributed by atoms with Crippen LogP contribution in [0.1, 0.15) is 41.8 Å². The van der Waals surface area contributed by atoms with Crippen molar-refractivity contribution in [2.45, 2.75) is 20.3 Å². The van der Waals surface area contributed by atoms with Crippen LogP contribution in [0, 0.1) is 0 Å². The molecule has 3 aromatic carbocycles. The summed E-state index contributed by atoms with van der Waals surface area (Å²) in [5, 5.41) is 0. The lowest BCUT2D eigenvalue weighted by Crippen LogP contribution is -2.12. The van der Waals surface area contributed by atoms with Crippen molar-refractivity contribution in [2.24, 2.45) is 0 Å². The molecule has 0 atom stereocenters. The highest BCUT2D eigenvalue weighted by Gasteiger charge is 2.37. The van der Waals surface area contributed by atoms with E-state index < -0.39 is 11.8 Å². The number of methoxy groups -OCH3 is 2. The minimum Gasteiger partial charge on any atom is -0.497 e. The van der Waals surface area contributed by atoms with Crippen molar-refractivity contribution in [3.8, 4) is 17.2 Å². The van der Waals surface area contributed by atoms with Crippen LogP contribution in [0.25, 0.3) is 11.6 Å². The summed E-state index contributed by atoms with van der Waals surface area (Å²) in [5.74, 6) is 0.747. The number of halogens is 4. The molecule has 42 heavy (non-hydrogen) atoms. The minimum atomic E-state index is -0.753. The molecular weight excluding hydrogens is 800 g/mol. The van der Waals surface area contributed by atoms with Crippen molar-refractivity contribution in [3.05, 3.63) is 107 Å². The number of carbonyl (C=O) groups is 2. The van der Waals surface area contributed by atoms with Crippen molar-refractivity contribution in [1.82, 2.24) is 0 Å². The summed E-state index contributed by atoms with van der Waals surface area (Å²) in [6, 6.07) is 14.0. The SMILES string of the molecule is C=CCOc1c(Br)cc(C2=C(C(=O)c3cc(Br)c(OC)c(Br)c3)C(=O)O/C2=C\c2ccc(OC)cc2)cc1Br.CCC. The van der Waals surface area contributed by atoms with Gasteiger partial charge in [0.05, 0.1) is 32.1 Å². The lowest BCUT2D eigenvalue weighted by atomic mass is 9.93. The zero-order chi connectivity index (χ0) is 31.0. The molecule has 0 aromatic heterocycles. The maximum Gasteiger partial charge on any atom is 0.348 e. The van der Waals surface area contributed by atoms with E-state index in [1.165, 1.54) is 13.5 Å². The molecular formula is C32H28Br4O6. The van der Waals surface area contributed by atoms with Gasteiger partial charge in [-0.05, 0) is 117 Å². The molecule has 3 aromatic rings. The number of Topliss-reactive ketones (excluding diaryl/α,β-unsaturated/α-hetero) is 1. The van der Waals surface area contributed by atoms with Crippen molar-refractivity contribution >= 4 is 87.1 Å². The smallest absolute Gasteiger partial charge is 0.348 e. The van der Waals surface area contributed by atoms with Crippen LogP contribution < -0.4 is 14.2 Å². The molecule has 0 fully saturated rings. The molecule has 6 nitrogen and oxygen atoms in total. The fourth-order valence-electron chi connectivity index (χ4n) is 3.89. The number of ether oxygens (including phenoxy) is 4. The van der Waals surface area contributed by atoms with Gasteiger partial charge >= 0.3 is 5.97 Å². The van der Waals surface area contributed by atoms with Crippen molar-refractivity contribution in [3.63, 3.8) is 0 Å². The van der Waals surface area contributed by atoms with E-state index >= 15 is 0 Å². The summed E-state index contributed by atoms with van der Waals surface area (Å²) in [4.78, 5) is 27.1. The monoisotopic (exact) mass is 824 g/mol.